The molecule has 0 aliphatic heterocycles. The number of thiazole rings is 1. The van der Waals surface area contributed by atoms with Gasteiger partial charge in [0.2, 0.25) is 0 Å². The van der Waals surface area contributed by atoms with Crippen LogP contribution in [0.1, 0.15) is 23.1 Å². The average molecular weight is 353 g/mol. The van der Waals surface area contributed by atoms with Gasteiger partial charge in [-0.25, -0.2) is 0 Å². The Balaban J connectivity index is 2.72. The molecule has 0 aliphatic rings. The molecule has 5 nitrogen and oxygen atoms in total. The number of hydrogen-bond donors (Lipinski definition) is 0. The second-order valence-electron chi connectivity index (χ2n) is 5.68. The predicted molar refractivity (Wildman–Crippen MR) is 98.4 cm³/mol. The van der Waals surface area contributed by atoms with Crippen molar-refractivity contribution in [1.82, 2.24) is 4.57 Å². The molecule has 0 radical (unpaired) electrons. The van der Waals surface area contributed by atoms with Crippen LogP contribution in [0.15, 0.2) is 23.0 Å². The number of rotatable bonds is 5. The highest BCUT2D eigenvalue weighted by Gasteiger charge is 2.09. The Morgan fingerprint density at radius 3 is 2.68 bits per heavy atom. The molecule has 6 heteroatoms. The molecule has 2 aromatic rings. The Hall–Kier alpha value is -2.67. The Labute approximate surface area is 150 Å². The SMILES string of the molecule is COCCCn1c(=C(C#N)C#N)s/c(=C/c2cc(C)ccc2C)c1=O. The van der Waals surface area contributed by atoms with Crippen LogP contribution in [-0.2, 0) is 11.3 Å². The summed E-state index contributed by atoms with van der Waals surface area (Å²) >= 11 is 1.18. The van der Waals surface area contributed by atoms with E-state index in [9.17, 15) is 15.3 Å². The van der Waals surface area contributed by atoms with Crippen molar-refractivity contribution in [2.75, 3.05) is 13.7 Å². The first kappa shape index (κ1) is 18.7. The van der Waals surface area contributed by atoms with Crippen LogP contribution < -0.4 is 14.8 Å². The highest BCUT2D eigenvalue weighted by atomic mass is 32.1. The van der Waals surface area contributed by atoms with Crippen LogP contribution in [0.25, 0.3) is 11.6 Å². The van der Waals surface area contributed by atoms with Crippen LogP contribution in [0.4, 0.5) is 0 Å². The van der Waals surface area contributed by atoms with E-state index in [0.29, 0.717) is 28.8 Å². The van der Waals surface area contributed by atoms with Crippen LogP contribution in [0, 0.1) is 36.5 Å². The van der Waals surface area contributed by atoms with E-state index < -0.39 is 0 Å². The standard InChI is InChI=1S/C19H19N3O2S/c1-13-5-6-14(2)15(9-13)10-17-18(23)22(7-4-8-24-3)19(25-17)16(11-20)12-21/h5-6,9-10H,4,7-8H2,1-3H3/b17-10+. The van der Waals surface area contributed by atoms with Gasteiger partial charge in [0, 0.05) is 20.3 Å². The summed E-state index contributed by atoms with van der Waals surface area (Å²) in [6.07, 6.45) is 2.46. The molecular formula is C19H19N3O2S. The van der Waals surface area contributed by atoms with Crippen molar-refractivity contribution in [3.63, 3.8) is 0 Å². The maximum Gasteiger partial charge on any atom is 0.269 e. The molecule has 0 atom stereocenters. The third kappa shape index (κ3) is 4.24. The monoisotopic (exact) mass is 353 g/mol. The van der Waals surface area contributed by atoms with Crippen LogP contribution in [0.2, 0.25) is 0 Å². The van der Waals surface area contributed by atoms with E-state index in [-0.39, 0.29) is 11.1 Å². The maximum atomic E-state index is 12.8. The van der Waals surface area contributed by atoms with Gasteiger partial charge in [-0.2, -0.15) is 10.5 Å². The predicted octanol–water partition coefficient (Wildman–Crippen LogP) is 1.59. The maximum absolute atomic E-state index is 12.8. The first-order valence-electron chi connectivity index (χ1n) is 7.84. The fraction of sp³-hybridized carbons (Fsp3) is 0.316. The molecule has 0 saturated carbocycles. The number of aryl methyl sites for hydroxylation is 2. The van der Waals surface area contributed by atoms with E-state index in [1.54, 1.807) is 7.11 Å². The van der Waals surface area contributed by atoms with Gasteiger partial charge in [0.05, 0.1) is 4.53 Å². The number of methoxy groups -OCH3 is 1. The lowest BCUT2D eigenvalue weighted by Gasteiger charge is -2.01. The van der Waals surface area contributed by atoms with Crippen molar-refractivity contribution in [3.05, 3.63) is 54.4 Å². The molecule has 1 aromatic carbocycles. The topological polar surface area (TPSA) is 78.8 Å². The molecule has 0 N–H and O–H groups in total. The lowest BCUT2D eigenvalue weighted by molar-refractivity contribution is 0.190. The number of hydrogen-bond acceptors (Lipinski definition) is 5. The van der Waals surface area contributed by atoms with Crippen LogP contribution >= 0.6 is 11.3 Å². The van der Waals surface area contributed by atoms with E-state index in [1.807, 2.05) is 50.3 Å². The molecule has 0 unspecified atom stereocenters. The van der Waals surface area contributed by atoms with Gasteiger partial charge in [0.15, 0.2) is 5.57 Å². The Morgan fingerprint density at radius 1 is 1.32 bits per heavy atom. The van der Waals surface area contributed by atoms with Gasteiger partial charge in [0.25, 0.3) is 5.56 Å². The smallest absolute Gasteiger partial charge is 0.269 e. The van der Waals surface area contributed by atoms with Crippen molar-refractivity contribution in [2.24, 2.45) is 0 Å². The summed E-state index contributed by atoms with van der Waals surface area (Å²) in [6.45, 7) is 4.90. The van der Waals surface area contributed by atoms with Crippen molar-refractivity contribution in [2.45, 2.75) is 26.8 Å². The molecule has 1 aromatic heterocycles. The Kier molecular flexibility index (Phi) is 6.30. The molecule has 0 fully saturated rings. The highest BCUT2D eigenvalue weighted by molar-refractivity contribution is 7.07. The van der Waals surface area contributed by atoms with Crippen molar-refractivity contribution >= 4 is 23.0 Å². The number of nitriles is 2. The Bertz CT molecular complexity index is 1020. The van der Waals surface area contributed by atoms with E-state index >= 15 is 0 Å². The van der Waals surface area contributed by atoms with Gasteiger partial charge in [-0.15, -0.1) is 11.3 Å². The summed E-state index contributed by atoms with van der Waals surface area (Å²) in [6, 6.07) is 9.82. The minimum Gasteiger partial charge on any atom is -0.385 e. The van der Waals surface area contributed by atoms with Crippen molar-refractivity contribution in [3.8, 4) is 12.1 Å². The second-order valence-corrected chi connectivity index (χ2v) is 6.71. The van der Waals surface area contributed by atoms with Crippen LogP contribution in [0.3, 0.4) is 0 Å². The molecule has 128 valence electrons. The zero-order valence-corrected chi connectivity index (χ0v) is 15.3. The molecule has 0 aliphatic carbocycles. The second kappa shape index (κ2) is 8.43. The fourth-order valence-corrected chi connectivity index (χ4v) is 3.52. The molecule has 0 amide bonds. The lowest BCUT2D eigenvalue weighted by atomic mass is 10.1. The van der Waals surface area contributed by atoms with Gasteiger partial charge in [-0.3, -0.25) is 9.36 Å². The fourth-order valence-electron chi connectivity index (χ4n) is 2.45. The van der Waals surface area contributed by atoms with Gasteiger partial charge < -0.3 is 4.74 Å². The molecule has 0 spiro atoms. The molecule has 1 heterocycles. The number of benzene rings is 1. The third-order valence-electron chi connectivity index (χ3n) is 3.80. The summed E-state index contributed by atoms with van der Waals surface area (Å²) in [4.78, 5) is 12.8. The number of ether oxygens (including phenoxy) is 1. The van der Waals surface area contributed by atoms with Crippen LogP contribution in [-0.4, -0.2) is 18.3 Å². The highest BCUT2D eigenvalue weighted by Crippen LogP contribution is 2.11. The largest absolute Gasteiger partial charge is 0.385 e. The van der Waals surface area contributed by atoms with E-state index in [0.717, 1.165) is 16.7 Å². The lowest BCUT2D eigenvalue weighted by Crippen LogP contribution is -2.32. The van der Waals surface area contributed by atoms with Crippen LogP contribution in [0.5, 0.6) is 0 Å². The normalized spacial score (nSPS) is 11.2. The summed E-state index contributed by atoms with van der Waals surface area (Å²) in [7, 11) is 1.60. The molecule has 25 heavy (non-hydrogen) atoms. The van der Waals surface area contributed by atoms with E-state index in [2.05, 4.69) is 0 Å². The quantitative estimate of drug-likeness (QED) is 0.765. The third-order valence-corrected chi connectivity index (χ3v) is 4.93. The molecule has 2 rings (SSSR count). The van der Waals surface area contributed by atoms with Gasteiger partial charge in [-0.1, -0.05) is 23.8 Å². The summed E-state index contributed by atoms with van der Waals surface area (Å²) in [5.41, 5.74) is 2.91. The summed E-state index contributed by atoms with van der Waals surface area (Å²) in [5, 5.41) is 18.4. The zero-order chi connectivity index (χ0) is 18.4. The van der Waals surface area contributed by atoms with E-state index in [4.69, 9.17) is 4.74 Å². The number of aromatic nitrogens is 1. The van der Waals surface area contributed by atoms with E-state index in [1.165, 1.54) is 15.9 Å². The van der Waals surface area contributed by atoms with Crippen molar-refractivity contribution in [1.29, 1.82) is 10.5 Å². The van der Waals surface area contributed by atoms with Gasteiger partial charge >= 0.3 is 0 Å². The summed E-state index contributed by atoms with van der Waals surface area (Å²) < 4.78 is 7.46. The van der Waals surface area contributed by atoms with Gasteiger partial charge in [-0.05, 0) is 37.5 Å². The minimum atomic E-state index is -0.181. The molecule has 0 bridgehead atoms. The first-order chi connectivity index (χ1) is 12.0. The van der Waals surface area contributed by atoms with Gasteiger partial charge in [0.1, 0.15) is 16.8 Å². The summed E-state index contributed by atoms with van der Waals surface area (Å²) in [5.74, 6) is 0. The average Bonchev–Trinajstić information content (AvgIpc) is 2.89. The molecule has 0 saturated heterocycles. The minimum absolute atomic E-state index is 0.0415. The van der Waals surface area contributed by atoms with Crippen molar-refractivity contribution < 1.29 is 4.74 Å². The zero-order valence-electron chi connectivity index (χ0n) is 14.5. The first-order valence-corrected chi connectivity index (χ1v) is 8.65. The molecular weight excluding hydrogens is 334 g/mol. The Morgan fingerprint density at radius 2 is 2.04 bits per heavy atom. The number of nitrogens with zero attached hydrogens (tertiary/aromatic N) is 3.